The average Bonchev–Trinajstić information content (AvgIpc) is 2.03. The molecule has 0 aromatic carbocycles. The molecule has 0 aromatic heterocycles. The fraction of sp³-hybridized carbons (Fsp3) is 1.00. The molecule has 11 heavy (non-hydrogen) atoms. The number of ether oxygens (including phenoxy) is 2. The minimum absolute atomic E-state index is 0.00782. The topological polar surface area (TPSA) is 44.5 Å². The van der Waals surface area contributed by atoms with Gasteiger partial charge in [0.1, 0.15) is 0 Å². The highest BCUT2D eigenvalue weighted by Crippen LogP contribution is 1.95. The van der Waals surface area contributed by atoms with Crippen molar-refractivity contribution in [3.8, 4) is 0 Å². The van der Waals surface area contributed by atoms with Gasteiger partial charge in [-0.2, -0.15) is 0 Å². The lowest BCUT2D eigenvalue weighted by atomic mass is 10.2. The van der Waals surface area contributed by atoms with Crippen LogP contribution in [0.1, 0.15) is 20.3 Å². The van der Waals surface area contributed by atoms with Crippen LogP contribution in [0, 0.1) is 0 Å². The summed E-state index contributed by atoms with van der Waals surface area (Å²) in [6, 6.07) is -0.00782. The van der Waals surface area contributed by atoms with Crippen LogP contribution in [0.4, 0.5) is 0 Å². The van der Waals surface area contributed by atoms with Crippen molar-refractivity contribution < 1.29 is 9.47 Å². The number of methoxy groups -OCH3 is 1. The molecule has 0 fully saturated rings. The normalized spacial score (nSPS) is 16.4. The van der Waals surface area contributed by atoms with E-state index in [1.807, 2.05) is 6.92 Å². The van der Waals surface area contributed by atoms with Crippen molar-refractivity contribution in [3.05, 3.63) is 0 Å². The van der Waals surface area contributed by atoms with Crippen molar-refractivity contribution in [2.45, 2.75) is 32.4 Å². The summed E-state index contributed by atoms with van der Waals surface area (Å²) >= 11 is 0. The summed E-state index contributed by atoms with van der Waals surface area (Å²) in [5.74, 6) is 0. The Morgan fingerprint density at radius 1 is 1.45 bits per heavy atom. The lowest BCUT2D eigenvalue weighted by Gasteiger charge is -2.17. The average molecular weight is 161 g/mol. The molecule has 3 heteroatoms. The molecule has 3 nitrogen and oxygen atoms in total. The number of hydrogen-bond donors (Lipinski definition) is 1. The van der Waals surface area contributed by atoms with Crippen LogP contribution in [0.25, 0.3) is 0 Å². The summed E-state index contributed by atoms with van der Waals surface area (Å²) in [4.78, 5) is 0. The molecule has 0 aliphatic heterocycles. The van der Waals surface area contributed by atoms with Crippen molar-refractivity contribution in [2.75, 3.05) is 20.3 Å². The minimum atomic E-state index is -0.00782. The fourth-order valence-corrected chi connectivity index (χ4v) is 0.674. The van der Waals surface area contributed by atoms with Gasteiger partial charge in [-0.1, -0.05) is 6.92 Å². The maximum Gasteiger partial charge on any atom is 0.0716 e. The van der Waals surface area contributed by atoms with E-state index in [1.165, 1.54) is 0 Å². The largest absolute Gasteiger partial charge is 0.380 e. The molecular formula is C8H19NO2. The van der Waals surface area contributed by atoms with Crippen molar-refractivity contribution in [2.24, 2.45) is 5.73 Å². The van der Waals surface area contributed by atoms with Crippen LogP contribution in [-0.4, -0.2) is 32.5 Å². The van der Waals surface area contributed by atoms with E-state index < -0.39 is 0 Å². The van der Waals surface area contributed by atoms with Crippen molar-refractivity contribution in [3.63, 3.8) is 0 Å². The second-order valence-corrected chi connectivity index (χ2v) is 2.68. The van der Waals surface area contributed by atoms with E-state index in [9.17, 15) is 0 Å². The minimum Gasteiger partial charge on any atom is -0.380 e. The fourth-order valence-electron chi connectivity index (χ4n) is 0.674. The van der Waals surface area contributed by atoms with Crippen LogP contribution < -0.4 is 5.73 Å². The van der Waals surface area contributed by atoms with Crippen LogP contribution in [0.2, 0.25) is 0 Å². The van der Waals surface area contributed by atoms with Crippen LogP contribution in [0.15, 0.2) is 0 Å². The monoisotopic (exact) mass is 161 g/mol. The molecule has 0 aromatic rings. The Kier molecular flexibility index (Phi) is 6.51. The molecule has 0 bridgehead atoms. The van der Waals surface area contributed by atoms with Gasteiger partial charge in [-0.25, -0.2) is 0 Å². The summed E-state index contributed by atoms with van der Waals surface area (Å²) < 4.78 is 10.3. The highest BCUT2D eigenvalue weighted by Gasteiger charge is 2.10. The summed E-state index contributed by atoms with van der Waals surface area (Å²) in [7, 11) is 1.66. The van der Waals surface area contributed by atoms with Gasteiger partial charge in [-0.3, -0.25) is 0 Å². The van der Waals surface area contributed by atoms with Gasteiger partial charge >= 0.3 is 0 Å². The van der Waals surface area contributed by atoms with E-state index in [4.69, 9.17) is 15.2 Å². The zero-order valence-electron chi connectivity index (χ0n) is 7.67. The van der Waals surface area contributed by atoms with Gasteiger partial charge in [0.2, 0.25) is 0 Å². The third kappa shape index (κ3) is 5.18. The third-order valence-corrected chi connectivity index (χ3v) is 1.63. The highest BCUT2D eigenvalue weighted by molar-refractivity contribution is 4.67. The Morgan fingerprint density at radius 3 is 2.55 bits per heavy atom. The third-order valence-electron chi connectivity index (χ3n) is 1.63. The lowest BCUT2D eigenvalue weighted by molar-refractivity contribution is 0.0440. The van der Waals surface area contributed by atoms with E-state index in [2.05, 4.69) is 6.92 Å². The Labute approximate surface area is 68.9 Å². The van der Waals surface area contributed by atoms with Crippen molar-refractivity contribution in [1.29, 1.82) is 0 Å². The van der Waals surface area contributed by atoms with Gasteiger partial charge in [0.05, 0.1) is 18.8 Å². The number of hydrogen-bond acceptors (Lipinski definition) is 3. The molecule has 0 saturated heterocycles. The molecule has 0 amide bonds. The first-order valence-electron chi connectivity index (χ1n) is 4.08. The van der Waals surface area contributed by atoms with E-state index in [0.29, 0.717) is 6.61 Å². The Hall–Kier alpha value is -0.120. The predicted molar refractivity (Wildman–Crippen MR) is 45.6 cm³/mol. The molecule has 0 rings (SSSR count). The smallest absolute Gasteiger partial charge is 0.0716 e. The first kappa shape index (κ1) is 10.9. The van der Waals surface area contributed by atoms with Crippen LogP contribution in [-0.2, 0) is 9.47 Å². The molecule has 0 radical (unpaired) electrons. The molecular weight excluding hydrogens is 142 g/mol. The SMILES string of the molecule is CCCOCC(N)C(C)OC. The van der Waals surface area contributed by atoms with Crippen molar-refractivity contribution >= 4 is 0 Å². The Morgan fingerprint density at radius 2 is 2.09 bits per heavy atom. The standard InChI is InChI=1S/C8H19NO2/c1-4-5-11-6-8(9)7(2)10-3/h7-8H,4-6,9H2,1-3H3. The Balaban J connectivity index is 3.28. The molecule has 68 valence electrons. The van der Waals surface area contributed by atoms with Crippen LogP contribution in [0.3, 0.4) is 0 Å². The first-order chi connectivity index (χ1) is 5.22. The maximum atomic E-state index is 5.72. The lowest BCUT2D eigenvalue weighted by Crippen LogP contribution is -2.38. The predicted octanol–water partition coefficient (Wildman–Crippen LogP) is 0.775. The number of nitrogens with two attached hydrogens (primary N) is 1. The molecule has 0 aliphatic carbocycles. The second kappa shape index (κ2) is 6.58. The molecule has 2 N–H and O–H groups in total. The molecule has 0 heterocycles. The van der Waals surface area contributed by atoms with Gasteiger partial charge in [-0.05, 0) is 13.3 Å². The van der Waals surface area contributed by atoms with Gasteiger partial charge in [0, 0.05) is 13.7 Å². The maximum absolute atomic E-state index is 5.72. The molecule has 0 saturated carbocycles. The van der Waals surface area contributed by atoms with E-state index in [0.717, 1.165) is 13.0 Å². The zero-order valence-corrected chi connectivity index (χ0v) is 7.67. The van der Waals surface area contributed by atoms with E-state index in [1.54, 1.807) is 7.11 Å². The Bertz CT molecular complexity index is 88.2. The summed E-state index contributed by atoms with van der Waals surface area (Å²) in [6.07, 6.45) is 1.11. The van der Waals surface area contributed by atoms with Gasteiger partial charge < -0.3 is 15.2 Å². The summed E-state index contributed by atoms with van der Waals surface area (Å²) in [5.41, 5.74) is 5.72. The van der Waals surface area contributed by atoms with Gasteiger partial charge in [0.25, 0.3) is 0 Å². The second-order valence-electron chi connectivity index (χ2n) is 2.68. The van der Waals surface area contributed by atoms with Crippen LogP contribution >= 0.6 is 0 Å². The van der Waals surface area contributed by atoms with E-state index in [-0.39, 0.29) is 12.1 Å². The number of rotatable bonds is 6. The first-order valence-corrected chi connectivity index (χ1v) is 4.08. The quantitative estimate of drug-likeness (QED) is 0.585. The van der Waals surface area contributed by atoms with E-state index >= 15 is 0 Å². The van der Waals surface area contributed by atoms with Gasteiger partial charge in [0.15, 0.2) is 0 Å². The highest BCUT2D eigenvalue weighted by atomic mass is 16.5. The summed E-state index contributed by atoms with van der Waals surface area (Å²) in [5, 5.41) is 0. The zero-order chi connectivity index (χ0) is 8.69. The van der Waals surface area contributed by atoms with Gasteiger partial charge in [-0.15, -0.1) is 0 Å². The molecule has 0 aliphatic rings. The van der Waals surface area contributed by atoms with Crippen molar-refractivity contribution in [1.82, 2.24) is 0 Å². The molecule has 0 spiro atoms. The molecule has 2 unspecified atom stereocenters. The van der Waals surface area contributed by atoms with Crippen LogP contribution in [0.5, 0.6) is 0 Å². The molecule has 2 atom stereocenters. The summed E-state index contributed by atoms with van der Waals surface area (Å²) in [6.45, 7) is 5.39.